The number of nitrogens with zero attached hydrogens (tertiary/aromatic N) is 2. The van der Waals surface area contributed by atoms with Crippen LogP contribution in [0.1, 0.15) is 13.8 Å². The molecule has 0 amide bonds. The Morgan fingerprint density at radius 1 is 1.33 bits per heavy atom. The Morgan fingerprint density at radius 3 is 2.58 bits per heavy atom. The highest BCUT2D eigenvalue weighted by molar-refractivity contribution is 5.41. The zero-order valence-electron chi connectivity index (χ0n) is 7.62. The molecule has 0 spiro atoms. The SMILES string of the molecule is CC1(C)CN(c2ccccn2)C1. The molecule has 2 heteroatoms. The first-order valence-corrected chi connectivity index (χ1v) is 4.33. The van der Waals surface area contributed by atoms with Gasteiger partial charge < -0.3 is 4.90 Å². The minimum atomic E-state index is 0.484. The van der Waals surface area contributed by atoms with Gasteiger partial charge in [0.1, 0.15) is 5.82 Å². The lowest BCUT2D eigenvalue weighted by molar-refractivity contribution is 0.274. The fourth-order valence-corrected chi connectivity index (χ4v) is 1.69. The summed E-state index contributed by atoms with van der Waals surface area (Å²) in [5.74, 6) is 1.11. The Hall–Kier alpha value is -1.05. The van der Waals surface area contributed by atoms with Crippen molar-refractivity contribution >= 4 is 5.82 Å². The van der Waals surface area contributed by atoms with Gasteiger partial charge >= 0.3 is 0 Å². The molecule has 0 unspecified atom stereocenters. The summed E-state index contributed by atoms with van der Waals surface area (Å²) < 4.78 is 0. The summed E-state index contributed by atoms with van der Waals surface area (Å²) in [6.07, 6.45) is 1.85. The van der Waals surface area contributed by atoms with E-state index in [2.05, 4.69) is 29.8 Å². The summed E-state index contributed by atoms with van der Waals surface area (Å²) in [4.78, 5) is 6.60. The van der Waals surface area contributed by atoms with Gasteiger partial charge in [-0.3, -0.25) is 0 Å². The number of hydrogen-bond acceptors (Lipinski definition) is 2. The van der Waals surface area contributed by atoms with Gasteiger partial charge in [-0.2, -0.15) is 0 Å². The molecule has 1 saturated heterocycles. The molecule has 1 aliphatic heterocycles. The molecule has 1 fully saturated rings. The van der Waals surface area contributed by atoms with Crippen LogP contribution >= 0.6 is 0 Å². The summed E-state index contributed by atoms with van der Waals surface area (Å²) in [7, 11) is 0. The second-order valence-electron chi connectivity index (χ2n) is 4.21. The average molecular weight is 162 g/mol. The second kappa shape index (κ2) is 2.47. The molecule has 0 aromatic carbocycles. The van der Waals surface area contributed by atoms with E-state index in [-0.39, 0.29) is 0 Å². The summed E-state index contributed by atoms with van der Waals surface area (Å²) in [6, 6.07) is 6.05. The molecule has 0 atom stereocenters. The third-order valence-electron chi connectivity index (χ3n) is 2.21. The Bertz CT molecular complexity index is 258. The third-order valence-corrected chi connectivity index (χ3v) is 2.21. The van der Waals surface area contributed by atoms with E-state index in [0.717, 1.165) is 18.9 Å². The second-order valence-corrected chi connectivity index (χ2v) is 4.21. The predicted octanol–water partition coefficient (Wildman–Crippen LogP) is 1.93. The van der Waals surface area contributed by atoms with E-state index in [0.29, 0.717) is 5.41 Å². The van der Waals surface area contributed by atoms with Crippen LogP contribution in [0.2, 0.25) is 0 Å². The van der Waals surface area contributed by atoms with E-state index in [1.165, 1.54) is 0 Å². The Morgan fingerprint density at radius 2 is 2.08 bits per heavy atom. The zero-order valence-corrected chi connectivity index (χ0v) is 7.62. The summed E-state index contributed by atoms with van der Waals surface area (Å²) >= 11 is 0. The van der Waals surface area contributed by atoms with Gasteiger partial charge in [0.15, 0.2) is 0 Å². The van der Waals surface area contributed by atoms with E-state index < -0.39 is 0 Å². The van der Waals surface area contributed by atoms with Crippen molar-refractivity contribution in [1.29, 1.82) is 0 Å². The van der Waals surface area contributed by atoms with Gasteiger partial charge in [0.2, 0.25) is 0 Å². The summed E-state index contributed by atoms with van der Waals surface area (Å²) in [5.41, 5.74) is 0.484. The lowest BCUT2D eigenvalue weighted by Gasteiger charge is -2.46. The van der Waals surface area contributed by atoms with Gasteiger partial charge in [0.25, 0.3) is 0 Å². The van der Waals surface area contributed by atoms with Crippen LogP contribution in [0.25, 0.3) is 0 Å². The quantitative estimate of drug-likeness (QED) is 0.627. The molecule has 1 aliphatic rings. The van der Waals surface area contributed by atoms with Crippen LogP contribution < -0.4 is 4.90 Å². The standard InChI is InChI=1S/C10H14N2/c1-10(2)7-12(8-10)9-5-3-4-6-11-9/h3-6H,7-8H2,1-2H3. The van der Waals surface area contributed by atoms with Gasteiger partial charge in [-0.05, 0) is 17.5 Å². The molecule has 0 bridgehead atoms. The first-order chi connectivity index (χ1) is 5.67. The average Bonchev–Trinajstić information content (AvgIpc) is 2.02. The molecule has 64 valence electrons. The molecule has 2 heterocycles. The first kappa shape index (κ1) is 7.59. The van der Waals surface area contributed by atoms with Gasteiger partial charge in [0.05, 0.1) is 0 Å². The van der Waals surface area contributed by atoms with E-state index in [9.17, 15) is 0 Å². The van der Waals surface area contributed by atoms with Crippen molar-refractivity contribution < 1.29 is 0 Å². The maximum Gasteiger partial charge on any atom is 0.128 e. The number of pyridine rings is 1. The van der Waals surface area contributed by atoms with E-state index >= 15 is 0 Å². The molecule has 0 aliphatic carbocycles. The molecular weight excluding hydrogens is 148 g/mol. The Kier molecular flexibility index (Phi) is 1.56. The van der Waals surface area contributed by atoms with Crippen molar-refractivity contribution in [3.8, 4) is 0 Å². The topological polar surface area (TPSA) is 16.1 Å². The smallest absolute Gasteiger partial charge is 0.128 e. The number of anilines is 1. The maximum absolute atomic E-state index is 4.29. The highest BCUT2D eigenvalue weighted by Gasteiger charge is 2.34. The molecule has 0 radical (unpaired) electrons. The lowest BCUT2D eigenvalue weighted by Crippen LogP contribution is -2.53. The summed E-state index contributed by atoms with van der Waals surface area (Å²) in [6.45, 7) is 6.83. The fourth-order valence-electron chi connectivity index (χ4n) is 1.69. The normalized spacial score (nSPS) is 20.3. The Balaban J connectivity index is 2.06. The third kappa shape index (κ3) is 1.29. The number of hydrogen-bond donors (Lipinski definition) is 0. The van der Waals surface area contributed by atoms with E-state index in [1.807, 2.05) is 18.3 Å². The summed E-state index contributed by atoms with van der Waals surface area (Å²) in [5, 5.41) is 0. The van der Waals surface area contributed by atoms with Crippen molar-refractivity contribution in [3.63, 3.8) is 0 Å². The highest BCUT2D eigenvalue weighted by Crippen LogP contribution is 2.31. The van der Waals surface area contributed by atoms with Crippen LogP contribution in [0.15, 0.2) is 24.4 Å². The van der Waals surface area contributed by atoms with E-state index in [1.54, 1.807) is 0 Å². The molecule has 12 heavy (non-hydrogen) atoms. The molecule has 1 aromatic heterocycles. The minimum absolute atomic E-state index is 0.484. The van der Waals surface area contributed by atoms with Crippen molar-refractivity contribution in [3.05, 3.63) is 24.4 Å². The number of rotatable bonds is 1. The van der Waals surface area contributed by atoms with Gasteiger partial charge in [-0.25, -0.2) is 4.98 Å². The van der Waals surface area contributed by atoms with Crippen LogP contribution in [0.4, 0.5) is 5.82 Å². The molecular formula is C10H14N2. The Labute approximate surface area is 73.2 Å². The van der Waals surface area contributed by atoms with Gasteiger partial charge in [-0.1, -0.05) is 19.9 Å². The van der Waals surface area contributed by atoms with Crippen LogP contribution in [0.3, 0.4) is 0 Å². The predicted molar refractivity (Wildman–Crippen MR) is 50.2 cm³/mol. The molecule has 2 nitrogen and oxygen atoms in total. The van der Waals surface area contributed by atoms with Crippen LogP contribution in [0, 0.1) is 5.41 Å². The van der Waals surface area contributed by atoms with Crippen molar-refractivity contribution in [2.24, 2.45) is 5.41 Å². The van der Waals surface area contributed by atoms with E-state index in [4.69, 9.17) is 0 Å². The zero-order chi connectivity index (χ0) is 8.60. The monoisotopic (exact) mass is 162 g/mol. The van der Waals surface area contributed by atoms with Crippen molar-refractivity contribution in [2.45, 2.75) is 13.8 Å². The fraction of sp³-hybridized carbons (Fsp3) is 0.500. The molecule has 1 aromatic rings. The largest absolute Gasteiger partial charge is 0.355 e. The minimum Gasteiger partial charge on any atom is -0.355 e. The van der Waals surface area contributed by atoms with Gasteiger partial charge in [0, 0.05) is 19.3 Å². The number of aromatic nitrogens is 1. The van der Waals surface area contributed by atoms with Crippen LogP contribution in [-0.4, -0.2) is 18.1 Å². The van der Waals surface area contributed by atoms with Crippen molar-refractivity contribution in [1.82, 2.24) is 4.98 Å². The van der Waals surface area contributed by atoms with Crippen molar-refractivity contribution in [2.75, 3.05) is 18.0 Å². The molecule has 2 rings (SSSR count). The van der Waals surface area contributed by atoms with Crippen LogP contribution in [-0.2, 0) is 0 Å². The lowest BCUT2D eigenvalue weighted by atomic mass is 9.84. The molecule has 0 N–H and O–H groups in total. The maximum atomic E-state index is 4.29. The van der Waals surface area contributed by atoms with Gasteiger partial charge in [-0.15, -0.1) is 0 Å². The first-order valence-electron chi connectivity index (χ1n) is 4.33. The van der Waals surface area contributed by atoms with Crippen LogP contribution in [0.5, 0.6) is 0 Å². The highest BCUT2D eigenvalue weighted by atomic mass is 15.2. The molecule has 0 saturated carbocycles.